The summed E-state index contributed by atoms with van der Waals surface area (Å²) in [6.07, 6.45) is 1.29. The van der Waals surface area contributed by atoms with Crippen molar-refractivity contribution in [1.82, 2.24) is 9.80 Å². The summed E-state index contributed by atoms with van der Waals surface area (Å²) in [5.74, 6) is -0.886. The van der Waals surface area contributed by atoms with Crippen molar-refractivity contribution in [3.05, 3.63) is 29.0 Å². The molecule has 0 unspecified atom stereocenters. The first kappa shape index (κ1) is 17.0. The van der Waals surface area contributed by atoms with Gasteiger partial charge >= 0.3 is 6.09 Å². The molecule has 0 radical (unpaired) electrons. The molecule has 130 valence electrons. The van der Waals surface area contributed by atoms with E-state index < -0.39 is 11.4 Å². The Hall–Kier alpha value is -1.86. The van der Waals surface area contributed by atoms with Crippen LogP contribution in [-0.4, -0.2) is 60.6 Å². The molecule has 0 aliphatic carbocycles. The fraction of sp³-hybridized carbons (Fsp3) is 0.500. The van der Waals surface area contributed by atoms with Crippen LogP contribution in [0.4, 0.5) is 14.9 Å². The number of hydrogen-bond donors (Lipinski definition) is 1. The van der Waals surface area contributed by atoms with Crippen LogP contribution in [0.2, 0.25) is 5.02 Å². The summed E-state index contributed by atoms with van der Waals surface area (Å²) in [6.45, 7) is 1.87. The lowest BCUT2D eigenvalue weighted by molar-refractivity contribution is -0.118. The van der Waals surface area contributed by atoms with Gasteiger partial charge in [-0.1, -0.05) is 11.6 Å². The van der Waals surface area contributed by atoms with Crippen LogP contribution in [0.1, 0.15) is 12.8 Å². The Morgan fingerprint density at radius 1 is 1.46 bits per heavy atom. The largest absolute Gasteiger partial charge is 0.440 e. The standard InChI is InChI=1S/C16H19ClFN3O3/c1-20-9-16(24-15(20)23)5-2-6-21(10-16)8-14(22)19-13-4-3-11(17)7-12(13)18/h3-4,7H,2,5-6,8-10H2,1H3,(H,19,22)/t16-/m0/s1. The Labute approximate surface area is 144 Å². The van der Waals surface area contributed by atoms with Crippen LogP contribution in [0, 0.1) is 5.82 Å². The normalized spacial score (nSPS) is 24.3. The molecule has 8 heteroatoms. The van der Waals surface area contributed by atoms with E-state index in [1.165, 1.54) is 12.1 Å². The fourth-order valence-corrected chi connectivity index (χ4v) is 3.47. The summed E-state index contributed by atoms with van der Waals surface area (Å²) >= 11 is 5.70. The molecule has 2 amide bonds. The van der Waals surface area contributed by atoms with Gasteiger partial charge in [0.1, 0.15) is 11.4 Å². The predicted molar refractivity (Wildman–Crippen MR) is 87.6 cm³/mol. The molecule has 2 aliphatic rings. The van der Waals surface area contributed by atoms with Crippen molar-refractivity contribution in [2.45, 2.75) is 18.4 Å². The molecule has 1 atom stereocenters. The number of amides is 2. The van der Waals surface area contributed by atoms with Crippen LogP contribution < -0.4 is 5.32 Å². The Bertz CT molecular complexity index is 672. The maximum atomic E-state index is 13.7. The van der Waals surface area contributed by atoms with Crippen LogP contribution >= 0.6 is 11.6 Å². The van der Waals surface area contributed by atoms with E-state index in [2.05, 4.69) is 5.32 Å². The second-order valence-corrected chi connectivity index (χ2v) is 6.83. The number of anilines is 1. The van der Waals surface area contributed by atoms with Crippen molar-refractivity contribution in [2.75, 3.05) is 38.5 Å². The van der Waals surface area contributed by atoms with E-state index in [4.69, 9.17) is 16.3 Å². The number of benzene rings is 1. The number of hydrogen-bond acceptors (Lipinski definition) is 4. The van der Waals surface area contributed by atoms with E-state index >= 15 is 0 Å². The summed E-state index contributed by atoms with van der Waals surface area (Å²) in [5.41, 5.74) is -0.446. The lowest BCUT2D eigenvalue weighted by Gasteiger charge is -2.37. The van der Waals surface area contributed by atoms with E-state index in [0.717, 1.165) is 25.5 Å². The second-order valence-electron chi connectivity index (χ2n) is 6.39. The van der Waals surface area contributed by atoms with Crippen LogP contribution in [0.5, 0.6) is 0 Å². The lowest BCUT2D eigenvalue weighted by Crippen LogP contribution is -2.52. The van der Waals surface area contributed by atoms with Gasteiger partial charge in [-0.3, -0.25) is 9.69 Å². The summed E-state index contributed by atoms with van der Waals surface area (Å²) in [7, 11) is 1.70. The monoisotopic (exact) mass is 355 g/mol. The van der Waals surface area contributed by atoms with Crippen molar-refractivity contribution >= 4 is 29.3 Å². The highest BCUT2D eigenvalue weighted by Crippen LogP contribution is 2.31. The first-order valence-corrected chi connectivity index (χ1v) is 8.16. The van der Waals surface area contributed by atoms with Gasteiger partial charge in [0.2, 0.25) is 5.91 Å². The van der Waals surface area contributed by atoms with Crippen LogP contribution in [-0.2, 0) is 9.53 Å². The zero-order valence-corrected chi connectivity index (χ0v) is 14.1. The summed E-state index contributed by atoms with van der Waals surface area (Å²) in [4.78, 5) is 27.3. The SMILES string of the molecule is CN1C[C@]2(CCCN(CC(=O)Nc3ccc(Cl)cc3F)C2)OC1=O. The quantitative estimate of drug-likeness (QED) is 0.904. The van der Waals surface area contributed by atoms with E-state index in [0.29, 0.717) is 13.1 Å². The summed E-state index contributed by atoms with van der Waals surface area (Å²) < 4.78 is 19.2. The van der Waals surface area contributed by atoms with Gasteiger partial charge in [0.15, 0.2) is 0 Å². The maximum Gasteiger partial charge on any atom is 0.410 e. The Morgan fingerprint density at radius 3 is 2.92 bits per heavy atom. The molecule has 24 heavy (non-hydrogen) atoms. The molecule has 1 spiro atoms. The third-order valence-corrected chi connectivity index (χ3v) is 4.57. The zero-order chi connectivity index (χ0) is 17.3. The third kappa shape index (κ3) is 3.62. The molecule has 0 aromatic heterocycles. The zero-order valence-electron chi connectivity index (χ0n) is 13.3. The molecule has 1 N–H and O–H groups in total. The number of nitrogens with one attached hydrogen (secondary N) is 1. The average molecular weight is 356 g/mol. The van der Waals surface area contributed by atoms with Crippen LogP contribution in [0.3, 0.4) is 0 Å². The number of halogens is 2. The molecule has 1 aromatic rings. The van der Waals surface area contributed by atoms with Gasteiger partial charge < -0.3 is 15.0 Å². The average Bonchev–Trinajstić information content (AvgIpc) is 2.76. The van der Waals surface area contributed by atoms with Crippen molar-refractivity contribution in [3.8, 4) is 0 Å². The van der Waals surface area contributed by atoms with Crippen LogP contribution in [0.25, 0.3) is 0 Å². The molecular formula is C16H19ClFN3O3. The molecule has 2 fully saturated rings. The molecule has 2 aliphatic heterocycles. The third-order valence-electron chi connectivity index (χ3n) is 4.33. The van der Waals surface area contributed by atoms with Gasteiger partial charge in [-0.25, -0.2) is 9.18 Å². The summed E-state index contributed by atoms with van der Waals surface area (Å²) in [5, 5.41) is 2.82. The lowest BCUT2D eigenvalue weighted by atomic mass is 9.93. The number of piperidine rings is 1. The molecular weight excluding hydrogens is 337 g/mol. The van der Waals surface area contributed by atoms with Crippen molar-refractivity contribution in [1.29, 1.82) is 0 Å². The number of carbonyl (C=O) groups excluding carboxylic acids is 2. The number of likely N-dealkylation sites (tertiary alicyclic amines) is 1. The first-order valence-electron chi connectivity index (χ1n) is 7.78. The molecule has 6 nitrogen and oxygen atoms in total. The van der Waals surface area contributed by atoms with Gasteiger partial charge in [0, 0.05) is 18.6 Å². The molecule has 2 saturated heterocycles. The number of nitrogens with zero attached hydrogens (tertiary/aromatic N) is 2. The van der Waals surface area contributed by atoms with Gasteiger partial charge in [0.25, 0.3) is 0 Å². The minimum Gasteiger partial charge on any atom is -0.440 e. The van der Waals surface area contributed by atoms with Crippen molar-refractivity contribution in [3.63, 3.8) is 0 Å². The van der Waals surface area contributed by atoms with E-state index in [1.54, 1.807) is 11.9 Å². The maximum absolute atomic E-state index is 13.7. The van der Waals surface area contributed by atoms with E-state index in [1.807, 2.05) is 4.90 Å². The number of carbonyl (C=O) groups is 2. The van der Waals surface area contributed by atoms with Crippen molar-refractivity contribution in [2.24, 2.45) is 0 Å². The predicted octanol–water partition coefficient (Wildman–Crippen LogP) is 2.33. The second kappa shape index (κ2) is 6.57. The van der Waals surface area contributed by atoms with Gasteiger partial charge in [0.05, 0.1) is 18.8 Å². The summed E-state index contributed by atoms with van der Waals surface area (Å²) in [6, 6.07) is 4.10. The van der Waals surface area contributed by atoms with Crippen molar-refractivity contribution < 1.29 is 18.7 Å². The minimum absolute atomic E-state index is 0.100. The topological polar surface area (TPSA) is 61.9 Å². The Balaban J connectivity index is 1.59. The molecule has 3 rings (SSSR count). The highest BCUT2D eigenvalue weighted by molar-refractivity contribution is 6.30. The highest BCUT2D eigenvalue weighted by atomic mass is 35.5. The first-order chi connectivity index (χ1) is 11.4. The number of rotatable bonds is 3. The number of likely N-dealkylation sites (N-methyl/N-ethyl adjacent to an activating group) is 1. The molecule has 0 saturated carbocycles. The number of ether oxygens (including phenoxy) is 1. The molecule has 1 aromatic carbocycles. The minimum atomic E-state index is -0.572. The Kier molecular flexibility index (Phi) is 4.64. The fourth-order valence-electron chi connectivity index (χ4n) is 3.31. The van der Waals surface area contributed by atoms with E-state index in [-0.39, 0.29) is 29.3 Å². The van der Waals surface area contributed by atoms with Crippen LogP contribution in [0.15, 0.2) is 18.2 Å². The van der Waals surface area contributed by atoms with Gasteiger partial charge in [-0.15, -0.1) is 0 Å². The highest BCUT2D eigenvalue weighted by Gasteiger charge is 2.46. The van der Waals surface area contributed by atoms with E-state index in [9.17, 15) is 14.0 Å². The van der Waals surface area contributed by atoms with Gasteiger partial charge in [-0.2, -0.15) is 0 Å². The smallest absolute Gasteiger partial charge is 0.410 e. The Morgan fingerprint density at radius 2 is 2.25 bits per heavy atom. The molecule has 2 heterocycles. The van der Waals surface area contributed by atoms with Gasteiger partial charge in [-0.05, 0) is 37.6 Å². The molecule has 0 bridgehead atoms.